The number of anilines is 1. The average Bonchev–Trinajstić information content (AvgIpc) is 2.29. The highest BCUT2D eigenvalue weighted by molar-refractivity contribution is 7.80. The number of nitrogens with zero attached hydrogens (tertiary/aromatic N) is 1. The van der Waals surface area contributed by atoms with E-state index in [4.69, 9.17) is 22.7 Å². The molecular weight excluding hydrogens is 234 g/mol. The van der Waals surface area contributed by atoms with Gasteiger partial charge >= 0.3 is 0 Å². The van der Waals surface area contributed by atoms with Crippen molar-refractivity contribution >= 4 is 22.9 Å². The Hall–Kier alpha value is -1.20. The molecule has 1 aliphatic rings. The van der Waals surface area contributed by atoms with E-state index in [2.05, 4.69) is 17.2 Å². The van der Waals surface area contributed by atoms with Crippen molar-refractivity contribution in [3.63, 3.8) is 0 Å². The van der Waals surface area contributed by atoms with Gasteiger partial charge in [0.15, 0.2) is 0 Å². The van der Waals surface area contributed by atoms with Crippen LogP contribution in [0.3, 0.4) is 0 Å². The van der Waals surface area contributed by atoms with Gasteiger partial charge in [-0.2, -0.15) is 0 Å². The molecule has 1 saturated heterocycles. The largest absolute Gasteiger partial charge is 0.388 e. The van der Waals surface area contributed by atoms with E-state index in [0.29, 0.717) is 22.8 Å². The molecule has 92 valence electrons. The fourth-order valence-electron chi connectivity index (χ4n) is 2.02. The van der Waals surface area contributed by atoms with Gasteiger partial charge in [0.25, 0.3) is 0 Å². The molecule has 17 heavy (non-hydrogen) atoms. The van der Waals surface area contributed by atoms with Gasteiger partial charge in [0.2, 0.25) is 0 Å². The van der Waals surface area contributed by atoms with Crippen LogP contribution in [0.25, 0.3) is 0 Å². The predicted molar refractivity (Wildman–Crippen MR) is 72.2 cm³/mol. The fourth-order valence-corrected chi connectivity index (χ4v) is 2.13. The number of pyridine rings is 1. The van der Waals surface area contributed by atoms with Gasteiger partial charge in [0, 0.05) is 24.5 Å². The maximum absolute atomic E-state index is 5.56. The van der Waals surface area contributed by atoms with E-state index in [9.17, 15) is 0 Å². The van der Waals surface area contributed by atoms with E-state index in [0.717, 1.165) is 25.1 Å². The summed E-state index contributed by atoms with van der Waals surface area (Å²) in [5, 5.41) is 3.47. The summed E-state index contributed by atoms with van der Waals surface area (Å²) in [6.07, 6.45) is 4.08. The summed E-state index contributed by atoms with van der Waals surface area (Å²) in [6.45, 7) is 2.91. The van der Waals surface area contributed by atoms with Crippen molar-refractivity contribution in [2.45, 2.75) is 31.9 Å². The number of rotatable bonds is 3. The number of nitrogens with two attached hydrogens (primary N) is 1. The van der Waals surface area contributed by atoms with Crippen molar-refractivity contribution in [1.29, 1.82) is 0 Å². The lowest BCUT2D eigenvalue weighted by atomic mass is 10.0. The number of hydrogen-bond donors (Lipinski definition) is 2. The highest BCUT2D eigenvalue weighted by Crippen LogP contribution is 2.18. The zero-order valence-electron chi connectivity index (χ0n) is 9.85. The number of hydrogen-bond acceptors (Lipinski definition) is 4. The predicted octanol–water partition coefficient (Wildman–Crippen LogP) is 1.70. The molecule has 3 N–H and O–H groups in total. The van der Waals surface area contributed by atoms with E-state index in [-0.39, 0.29) is 0 Å². The molecular formula is C12H17N3OS. The van der Waals surface area contributed by atoms with Crippen LogP contribution in [0.15, 0.2) is 18.3 Å². The number of ether oxygens (including phenoxy) is 1. The molecule has 0 saturated carbocycles. The molecule has 5 heteroatoms. The van der Waals surface area contributed by atoms with E-state index in [1.807, 2.05) is 12.1 Å². The standard InChI is InChI=1S/C12H17N3OS/c1-8-6-10(3-5-16-8)15-9-2-4-14-11(7-9)12(13)17/h2,4,7-8,10H,3,5-6H2,1H3,(H2,13,17)(H,14,15). The minimum absolute atomic E-state index is 0.318. The van der Waals surface area contributed by atoms with Crippen molar-refractivity contribution < 1.29 is 4.74 Å². The van der Waals surface area contributed by atoms with Crippen molar-refractivity contribution in [3.05, 3.63) is 24.0 Å². The molecule has 1 aromatic rings. The van der Waals surface area contributed by atoms with Crippen molar-refractivity contribution in [1.82, 2.24) is 4.98 Å². The quantitative estimate of drug-likeness (QED) is 0.801. The van der Waals surface area contributed by atoms with Crippen LogP contribution in [0.2, 0.25) is 0 Å². The van der Waals surface area contributed by atoms with Crippen molar-refractivity contribution in [2.75, 3.05) is 11.9 Å². The molecule has 0 spiro atoms. The highest BCUT2D eigenvalue weighted by atomic mass is 32.1. The second kappa shape index (κ2) is 5.42. The van der Waals surface area contributed by atoms with Gasteiger partial charge in [-0.05, 0) is 31.9 Å². The van der Waals surface area contributed by atoms with Gasteiger partial charge in [-0.25, -0.2) is 0 Å². The Bertz CT molecular complexity index is 410. The zero-order chi connectivity index (χ0) is 12.3. The lowest BCUT2D eigenvalue weighted by molar-refractivity contribution is 0.0232. The summed E-state index contributed by atoms with van der Waals surface area (Å²) in [5.41, 5.74) is 7.23. The van der Waals surface area contributed by atoms with E-state index in [1.54, 1.807) is 6.20 Å². The van der Waals surface area contributed by atoms with E-state index < -0.39 is 0 Å². The maximum Gasteiger partial charge on any atom is 0.122 e. The van der Waals surface area contributed by atoms with E-state index in [1.165, 1.54) is 0 Å². The number of thiocarbonyl (C=S) groups is 1. The summed E-state index contributed by atoms with van der Waals surface area (Å²) < 4.78 is 5.51. The molecule has 1 aromatic heterocycles. The summed E-state index contributed by atoms with van der Waals surface area (Å²) in [7, 11) is 0. The average molecular weight is 251 g/mol. The molecule has 2 unspecified atom stereocenters. The SMILES string of the molecule is CC1CC(Nc2ccnc(C(N)=S)c2)CCO1. The Labute approximate surface area is 107 Å². The van der Waals surface area contributed by atoms with Crippen LogP contribution in [0, 0.1) is 0 Å². The van der Waals surface area contributed by atoms with Crippen LogP contribution in [-0.4, -0.2) is 28.7 Å². The first kappa shape index (κ1) is 12.3. The summed E-state index contributed by atoms with van der Waals surface area (Å²) >= 11 is 4.91. The van der Waals surface area contributed by atoms with Crippen LogP contribution < -0.4 is 11.1 Å². The molecule has 2 atom stereocenters. The number of aromatic nitrogens is 1. The van der Waals surface area contributed by atoms with E-state index >= 15 is 0 Å². The Morgan fingerprint density at radius 3 is 3.18 bits per heavy atom. The molecule has 2 heterocycles. The second-order valence-corrected chi connectivity index (χ2v) is 4.78. The summed E-state index contributed by atoms with van der Waals surface area (Å²) in [4.78, 5) is 4.44. The molecule has 0 bridgehead atoms. The normalized spacial score (nSPS) is 24.3. The Balaban J connectivity index is 2.02. The fraction of sp³-hybridized carbons (Fsp3) is 0.500. The van der Waals surface area contributed by atoms with Gasteiger partial charge in [-0.15, -0.1) is 0 Å². The molecule has 1 aliphatic heterocycles. The smallest absolute Gasteiger partial charge is 0.122 e. The minimum atomic E-state index is 0.318. The highest BCUT2D eigenvalue weighted by Gasteiger charge is 2.19. The molecule has 0 aliphatic carbocycles. The summed E-state index contributed by atoms with van der Waals surface area (Å²) in [5.74, 6) is 0. The Kier molecular flexibility index (Phi) is 3.91. The van der Waals surface area contributed by atoms with Crippen LogP contribution >= 0.6 is 12.2 Å². The number of nitrogens with one attached hydrogen (secondary N) is 1. The van der Waals surface area contributed by atoms with Crippen LogP contribution in [0.4, 0.5) is 5.69 Å². The first-order valence-corrected chi connectivity index (χ1v) is 6.20. The Morgan fingerprint density at radius 1 is 1.65 bits per heavy atom. The molecule has 1 fully saturated rings. The lowest BCUT2D eigenvalue weighted by Crippen LogP contribution is -2.32. The zero-order valence-corrected chi connectivity index (χ0v) is 10.7. The van der Waals surface area contributed by atoms with Gasteiger partial charge in [-0.3, -0.25) is 4.98 Å². The van der Waals surface area contributed by atoms with Crippen molar-refractivity contribution in [3.8, 4) is 0 Å². The monoisotopic (exact) mass is 251 g/mol. The van der Waals surface area contributed by atoms with Crippen LogP contribution in [0.5, 0.6) is 0 Å². The molecule has 0 aromatic carbocycles. The molecule has 2 rings (SSSR count). The third-order valence-corrected chi connectivity index (χ3v) is 3.08. The van der Waals surface area contributed by atoms with Gasteiger partial charge < -0.3 is 15.8 Å². The maximum atomic E-state index is 5.56. The third-order valence-electron chi connectivity index (χ3n) is 2.87. The van der Waals surface area contributed by atoms with Crippen LogP contribution in [0.1, 0.15) is 25.5 Å². The van der Waals surface area contributed by atoms with Crippen LogP contribution in [-0.2, 0) is 4.74 Å². The molecule has 4 nitrogen and oxygen atoms in total. The van der Waals surface area contributed by atoms with Gasteiger partial charge in [0.1, 0.15) is 4.99 Å². The summed E-state index contributed by atoms with van der Waals surface area (Å²) in [6, 6.07) is 4.27. The van der Waals surface area contributed by atoms with Crippen molar-refractivity contribution in [2.24, 2.45) is 5.73 Å². The van der Waals surface area contributed by atoms with Gasteiger partial charge in [0.05, 0.1) is 11.8 Å². The van der Waals surface area contributed by atoms with Gasteiger partial charge in [-0.1, -0.05) is 12.2 Å². The molecule has 0 radical (unpaired) electrons. The Morgan fingerprint density at radius 2 is 2.47 bits per heavy atom. The molecule has 0 amide bonds. The first-order valence-electron chi connectivity index (χ1n) is 5.79. The third kappa shape index (κ3) is 3.38. The topological polar surface area (TPSA) is 60.2 Å². The minimum Gasteiger partial charge on any atom is -0.388 e. The first-order chi connectivity index (χ1) is 8.15. The lowest BCUT2D eigenvalue weighted by Gasteiger charge is -2.28. The second-order valence-electron chi connectivity index (χ2n) is 4.34.